The summed E-state index contributed by atoms with van der Waals surface area (Å²) in [5, 5.41) is 3.56. The van der Waals surface area contributed by atoms with E-state index in [1.165, 1.54) is 18.7 Å². The van der Waals surface area contributed by atoms with Crippen molar-refractivity contribution < 1.29 is 4.42 Å². The Morgan fingerprint density at radius 2 is 2.41 bits per heavy atom. The van der Waals surface area contributed by atoms with Crippen LogP contribution in [0.4, 0.5) is 5.69 Å². The summed E-state index contributed by atoms with van der Waals surface area (Å²) in [6.07, 6.45) is 4.96. The van der Waals surface area contributed by atoms with Crippen molar-refractivity contribution in [3.05, 3.63) is 24.6 Å². The van der Waals surface area contributed by atoms with E-state index >= 15 is 0 Å². The third-order valence-electron chi connectivity index (χ3n) is 4.02. The summed E-state index contributed by atoms with van der Waals surface area (Å²) >= 11 is 0. The van der Waals surface area contributed by atoms with Crippen molar-refractivity contribution in [1.29, 1.82) is 0 Å². The monoisotopic (exact) mass is 229 g/mol. The lowest BCUT2D eigenvalue weighted by Crippen LogP contribution is -2.30. The van der Waals surface area contributed by atoms with Gasteiger partial charge in [0.1, 0.15) is 5.52 Å². The quantitative estimate of drug-likeness (QED) is 0.807. The molecular formula is C13H15N3O. The highest BCUT2D eigenvalue weighted by Gasteiger charge is 2.36. The Morgan fingerprint density at radius 1 is 1.41 bits per heavy atom. The number of fused-ring (bicyclic) bond motifs is 2. The lowest BCUT2D eigenvalue weighted by atomic mass is 10.1. The van der Waals surface area contributed by atoms with Gasteiger partial charge in [-0.3, -0.25) is 4.98 Å². The van der Waals surface area contributed by atoms with E-state index in [4.69, 9.17) is 4.42 Å². The largest absolute Gasteiger partial charge is 0.463 e. The van der Waals surface area contributed by atoms with Crippen molar-refractivity contribution >= 4 is 16.8 Å². The van der Waals surface area contributed by atoms with E-state index in [-0.39, 0.29) is 0 Å². The van der Waals surface area contributed by atoms with Gasteiger partial charge < -0.3 is 14.6 Å². The highest BCUT2D eigenvalue weighted by molar-refractivity contribution is 5.76. The van der Waals surface area contributed by atoms with E-state index in [0.29, 0.717) is 6.04 Å². The second kappa shape index (κ2) is 3.47. The number of hydrogen-bond donors (Lipinski definition) is 1. The molecule has 0 radical (unpaired) electrons. The predicted octanol–water partition coefficient (Wildman–Crippen LogP) is 1.63. The van der Waals surface area contributed by atoms with E-state index in [9.17, 15) is 0 Å². The standard InChI is InChI=1S/C13H15N3O/c1-3-14-12-8-16(7-9(1)12)10-5-13-11(15-6-10)2-4-17-13/h2,4-6,9,12,14H,1,3,7-8H2/t9-,12+/m1/s1. The molecule has 1 N–H and O–H groups in total. The van der Waals surface area contributed by atoms with Crippen molar-refractivity contribution in [2.24, 2.45) is 5.92 Å². The van der Waals surface area contributed by atoms with E-state index in [0.717, 1.165) is 30.1 Å². The maximum atomic E-state index is 5.41. The Bertz CT molecular complexity index is 538. The molecule has 0 aliphatic carbocycles. The topological polar surface area (TPSA) is 41.3 Å². The molecule has 0 spiro atoms. The summed E-state index contributed by atoms with van der Waals surface area (Å²) in [5.41, 5.74) is 3.00. The third kappa shape index (κ3) is 1.44. The zero-order valence-electron chi connectivity index (χ0n) is 9.60. The van der Waals surface area contributed by atoms with Gasteiger partial charge in [-0.1, -0.05) is 0 Å². The first-order valence-electron chi connectivity index (χ1n) is 6.22. The summed E-state index contributed by atoms with van der Waals surface area (Å²) in [4.78, 5) is 6.84. The molecule has 0 unspecified atom stereocenters. The molecule has 2 aliphatic heterocycles. The van der Waals surface area contributed by atoms with Crippen LogP contribution < -0.4 is 10.2 Å². The second-order valence-corrected chi connectivity index (χ2v) is 5.01. The maximum absolute atomic E-state index is 5.41. The molecule has 2 aliphatic rings. The van der Waals surface area contributed by atoms with Gasteiger partial charge in [-0.25, -0.2) is 0 Å². The number of pyridine rings is 1. The molecule has 0 aromatic carbocycles. The van der Waals surface area contributed by atoms with E-state index in [2.05, 4.69) is 21.3 Å². The molecule has 4 heterocycles. The van der Waals surface area contributed by atoms with E-state index < -0.39 is 0 Å². The molecule has 2 saturated heterocycles. The van der Waals surface area contributed by atoms with Crippen molar-refractivity contribution in [2.75, 3.05) is 24.5 Å². The second-order valence-electron chi connectivity index (χ2n) is 5.01. The van der Waals surface area contributed by atoms with Gasteiger partial charge in [0.25, 0.3) is 0 Å². The highest BCUT2D eigenvalue weighted by Crippen LogP contribution is 2.30. The highest BCUT2D eigenvalue weighted by atomic mass is 16.3. The van der Waals surface area contributed by atoms with Crippen molar-refractivity contribution in [1.82, 2.24) is 10.3 Å². The molecule has 17 heavy (non-hydrogen) atoms. The number of nitrogens with one attached hydrogen (secondary N) is 1. The molecule has 4 rings (SSSR count). The van der Waals surface area contributed by atoms with Crippen LogP contribution in [0.15, 0.2) is 29.0 Å². The molecule has 0 amide bonds. The normalized spacial score (nSPS) is 27.9. The smallest absolute Gasteiger partial charge is 0.154 e. The summed E-state index contributed by atoms with van der Waals surface area (Å²) < 4.78 is 5.41. The molecule has 4 heteroatoms. The Hall–Kier alpha value is -1.55. The first kappa shape index (κ1) is 9.48. The van der Waals surface area contributed by atoms with Crippen LogP contribution in [-0.2, 0) is 0 Å². The first-order chi connectivity index (χ1) is 8.40. The zero-order valence-corrected chi connectivity index (χ0v) is 9.60. The number of rotatable bonds is 1. The average molecular weight is 229 g/mol. The fourth-order valence-electron chi connectivity index (χ4n) is 3.07. The zero-order chi connectivity index (χ0) is 11.2. The van der Waals surface area contributed by atoms with Gasteiger partial charge in [0.05, 0.1) is 18.1 Å². The van der Waals surface area contributed by atoms with Gasteiger partial charge in [0.2, 0.25) is 0 Å². The van der Waals surface area contributed by atoms with Crippen LogP contribution in [0.5, 0.6) is 0 Å². The fraction of sp³-hybridized carbons (Fsp3) is 0.462. The van der Waals surface area contributed by atoms with Crippen molar-refractivity contribution in [3.63, 3.8) is 0 Å². The third-order valence-corrected chi connectivity index (χ3v) is 4.02. The predicted molar refractivity (Wildman–Crippen MR) is 66.1 cm³/mol. The molecule has 4 nitrogen and oxygen atoms in total. The molecule has 2 aromatic heterocycles. The SMILES string of the molecule is c1cc2ncc(N3C[C@H]4CCN[C@H]4C3)cc2o1. The Balaban J connectivity index is 1.66. The molecule has 2 aromatic rings. The molecule has 88 valence electrons. The van der Waals surface area contributed by atoms with Crippen LogP contribution in [0, 0.1) is 5.92 Å². The lowest BCUT2D eigenvalue weighted by molar-refractivity contribution is 0.556. The van der Waals surface area contributed by atoms with Gasteiger partial charge in [0, 0.05) is 31.3 Å². The maximum Gasteiger partial charge on any atom is 0.154 e. The summed E-state index contributed by atoms with van der Waals surface area (Å²) in [7, 11) is 0. The lowest BCUT2D eigenvalue weighted by Gasteiger charge is -2.18. The van der Waals surface area contributed by atoms with Crippen LogP contribution in [-0.4, -0.2) is 30.7 Å². The molecular weight excluding hydrogens is 214 g/mol. The Kier molecular flexibility index (Phi) is 1.93. The minimum Gasteiger partial charge on any atom is -0.463 e. The van der Waals surface area contributed by atoms with Crippen LogP contribution in [0.3, 0.4) is 0 Å². The van der Waals surface area contributed by atoms with Crippen molar-refractivity contribution in [2.45, 2.75) is 12.5 Å². The number of nitrogens with zero attached hydrogens (tertiary/aromatic N) is 2. The Morgan fingerprint density at radius 3 is 3.35 bits per heavy atom. The average Bonchev–Trinajstić information content (AvgIpc) is 3.02. The van der Waals surface area contributed by atoms with Gasteiger partial charge in [0.15, 0.2) is 5.58 Å². The van der Waals surface area contributed by atoms with E-state index in [1.54, 1.807) is 6.26 Å². The van der Waals surface area contributed by atoms with Gasteiger partial charge in [-0.2, -0.15) is 0 Å². The van der Waals surface area contributed by atoms with Crippen molar-refractivity contribution in [3.8, 4) is 0 Å². The van der Waals surface area contributed by atoms with Crippen LogP contribution in [0.25, 0.3) is 11.1 Å². The van der Waals surface area contributed by atoms with Crippen LogP contribution in [0.2, 0.25) is 0 Å². The number of furan rings is 1. The minimum absolute atomic E-state index is 0.669. The van der Waals surface area contributed by atoms with Crippen LogP contribution in [0.1, 0.15) is 6.42 Å². The van der Waals surface area contributed by atoms with Gasteiger partial charge in [-0.15, -0.1) is 0 Å². The Labute approximate surface area is 99.6 Å². The molecule has 0 saturated carbocycles. The summed E-state index contributed by atoms with van der Waals surface area (Å²) in [5.74, 6) is 0.808. The van der Waals surface area contributed by atoms with Gasteiger partial charge >= 0.3 is 0 Å². The number of anilines is 1. The van der Waals surface area contributed by atoms with Gasteiger partial charge in [-0.05, 0) is 18.9 Å². The minimum atomic E-state index is 0.669. The number of hydrogen-bond acceptors (Lipinski definition) is 4. The molecule has 2 atom stereocenters. The molecule has 2 fully saturated rings. The first-order valence-corrected chi connectivity index (χ1v) is 6.22. The van der Waals surface area contributed by atoms with Crippen LogP contribution >= 0.6 is 0 Å². The summed E-state index contributed by atoms with van der Waals surface area (Å²) in [6.45, 7) is 3.42. The summed E-state index contributed by atoms with van der Waals surface area (Å²) in [6, 6.07) is 4.67. The molecule has 0 bridgehead atoms. The number of aromatic nitrogens is 1. The fourth-order valence-corrected chi connectivity index (χ4v) is 3.07. The van der Waals surface area contributed by atoms with E-state index in [1.807, 2.05) is 12.3 Å².